The van der Waals surface area contributed by atoms with Crippen molar-refractivity contribution in [3.05, 3.63) is 35.9 Å². The minimum Gasteiger partial charge on any atom is -0.465 e. The molecule has 0 aliphatic heterocycles. The molecule has 0 unspecified atom stereocenters. The summed E-state index contributed by atoms with van der Waals surface area (Å²) in [5.74, 6) is -0.424. The third-order valence-electron chi connectivity index (χ3n) is 2.61. The monoisotopic (exact) mass is 264 g/mol. The van der Waals surface area contributed by atoms with E-state index in [4.69, 9.17) is 4.74 Å². The Labute approximate surface area is 113 Å². The van der Waals surface area contributed by atoms with Gasteiger partial charge in [-0.15, -0.1) is 0 Å². The Morgan fingerprint density at radius 3 is 2.58 bits per heavy atom. The third-order valence-corrected chi connectivity index (χ3v) is 2.61. The lowest BCUT2D eigenvalue weighted by Gasteiger charge is -2.17. The van der Waals surface area contributed by atoms with Crippen LogP contribution in [0.1, 0.15) is 12.5 Å². The first-order valence-corrected chi connectivity index (χ1v) is 6.32. The van der Waals surface area contributed by atoms with Crippen molar-refractivity contribution in [2.75, 3.05) is 26.7 Å². The summed E-state index contributed by atoms with van der Waals surface area (Å²) in [5.41, 5.74) is 1.17. The van der Waals surface area contributed by atoms with Crippen LogP contribution in [0.25, 0.3) is 0 Å². The largest absolute Gasteiger partial charge is 0.465 e. The number of nitrogens with one attached hydrogen (secondary N) is 1. The molecule has 5 heteroatoms. The van der Waals surface area contributed by atoms with Gasteiger partial charge in [0, 0.05) is 13.6 Å². The smallest absolute Gasteiger partial charge is 0.325 e. The summed E-state index contributed by atoms with van der Waals surface area (Å²) >= 11 is 0. The number of amides is 2. The van der Waals surface area contributed by atoms with Crippen LogP contribution in [0.4, 0.5) is 4.79 Å². The van der Waals surface area contributed by atoms with Crippen molar-refractivity contribution in [2.45, 2.75) is 13.3 Å². The third kappa shape index (κ3) is 5.90. The minimum absolute atomic E-state index is 0.0949. The number of ether oxygens (including phenoxy) is 1. The molecule has 0 saturated carbocycles. The Kier molecular flexibility index (Phi) is 6.43. The standard InChI is InChI=1S/C14H20N2O3/c1-3-19-13(17)11-15-14(18)16(2)10-9-12-7-5-4-6-8-12/h4-8H,3,9-11H2,1-2H3,(H,15,18). The van der Waals surface area contributed by atoms with Gasteiger partial charge in [-0.3, -0.25) is 4.79 Å². The highest BCUT2D eigenvalue weighted by atomic mass is 16.5. The average molecular weight is 264 g/mol. The number of likely N-dealkylation sites (N-methyl/N-ethyl adjacent to an activating group) is 1. The van der Waals surface area contributed by atoms with Crippen molar-refractivity contribution in [3.63, 3.8) is 0 Å². The summed E-state index contributed by atoms with van der Waals surface area (Å²) in [4.78, 5) is 24.3. The Hall–Kier alpha value is -2.04. The van der Waals surface area contributed by atoms with Crippen LogP contribution >= 0.6 is 0 Å². The number of hydrogen-bond donors (Lipinski definition) is 1. The zero-order valence-corrected chi connectivity index (χ0v) is 11.4. The molecule has 5 nitrogen and oxygen atoms in total. The lowest BCUT2D eigenvalue weighted by Crippen LogP contribution is -2.41. The highest BCUT2D eigenvalue weighted by molar-refractivity contribution is 5.80. The second-order valence-corrected chi connectivity index (χ2v) is 4.12. The fourth-order valence-electron chi connectivity index (χ4n) is 1.54. The molecule has 2 amide bonds. The van der Waals surface area contributed by atoms with Gasteiger partial charge in [0.2, 0.25) is 0 Å². The van der Waals surface area contributed by atoms with Crippen LogP contribution in [-0.2, 0) is 16.0 Å². The molecule has 0 spiro atoms. The number of benzene rings is 1. The molecule has 0 saturated heterocycles. The topological polar surface area (TPSA) is 58.6 Å². The van der Waals surface area contributed by atoms with Gasteiger partial charge in [-0.25, -0.2) is 4.79 Å². The molecule has 0 radical (unpaired) electrons. The maximum absolute atomic E-state index is 11.7. The predicted octanol–water partition coefficient (Wildman–Crippen LogP) is 1.43. The number of nitrogens with zero attached hydrogens (tertiary/aromatic N) is 1. The molecule has 1 N–H and O–H groups in total. The SMILES string of the molecule is CCOC(=O)CNC(=O)N(C)CCc1ccccc1. The minimum atomic E-state index is -0.424. The molecule has 1 rings (SSSR count). The van der Waals surface area contributed by atoms with Gasteiger partial charge < -0.3 is 15.0 Å². The lowest BCUT2D eigenvalue weighted by atomic mass is 10.1. The van der Waals surface area contributed by atoms with E-state index in [0.717, 1.165) is 6.42 Å². The average Bonchev–Trinajstić information content (AvgIpc) is 2.43. The van der Waals surface area contributed by atoms with Crippen molar-refractivity contribution in [1.82, 2.24) is 10.2 Å². The Morgan fingerprint density at radius 2 is 1.95 bits per heavy atom. The van der Waals surface area contributed by atoms with Crippen molar-refractivity contribution in [1.29, 1.82) is 0 Å². The van der Waals surface area contributed by atoms with Crippen LogP contribution in [0.5, 0.6) is 0 Å². The number of urea groups is 1. The lowest BCUT2D eigenvalue weighted by molar-refractivity contribution is -0.141. The maximum Gasteiger partial charge on any atom is 0.325 e. The molecule has 104 valence electrons. The van der Waals surface area contributed by atoms with Gasteiger partial charge in [0.25, 0.3) is 0 Å². The highest BCUT2D eigenvalue weighted by Crippen LogP contribution is 2.00. The summed E-state index contributed by atoms with van der Waals surface area (Å²) < 4.78 is 4.73. The van der Waals surface area contributed by atoms with Gasteiger partial charge in [-0.2, -0.15) is 0 Å². The molecule has 0 fully saturated rings. The van der Waals surface area contributed by atoms with Crippen LogP contribution in [0.2, 0.25) is 0 Å². The van der Waals surface area contributed by atoms with E-state index in [2.05, 4.69) is 5.32 Å². The molecular formula is C14H20N2O3. The number of carbonyl (C=O) groups excluding carboxylic acids is 2. The molecular weight excluding hydrogens is 244 g/mol. The second-order valence-electron chi connectivity index (χ2n) is 4.12. The first-order valence-electron chi connectivity index (χ1n) is 6.32. The Bertz CT molecular complexity index is 406. The quantitative estimate of drug-likeness (QED) is 0.791. The van der Waals surface area contributed by atoms with Gasteiger partial charge in [0.05, 0.1) is 6.61 Å². The summed E-state index contributed by atoms with van der Waals surface area (Å²) in [5, 5.41) is 2.52. The molecule has 1 aromatic carbocycles. The molecule has 0 bridgehead atoms. The maximum atomic E-state index is 11.7. The predicted molar refractivity (Wildman–Crippen MR) is 72.8 cm³/mol. The summed E-state index contributed by atoms with van der Waals surface area (Å²) in [6.45, 7) is 2.55. The molecule has 0 heterocycles. The van der Waals surface area contributed by atoms with E-state index in [0.29, 0.717) is 13.2 Å². The Morgan fingerprint density at radius 1 is 1.26 bits per heavy atom. The molecule has 0 aliphatic rings. The van der Waals surface area contributed by atoms with Crippen LogP contribution in [0, 0.1) is 0 Å². The molecule has 0 aliphatic carbocycles. The number of hydrogen-bond acceptors (Lipinski definition) is 3. The van der Waals surface area contributed by atoms with Crippen molar-refractivity contribution < 1.29 is 14.3 Å². The molecule has 19 heavy (non-hydrogen) atoms. The van der Waals surface area contributed by atoms with Crippen LogP contribution in [0.3, 0.4) is 0 Å². The number of carbonyl (C=O) groups is 2. The normalized spacial score (nSPS) is 9.79. The van der Waals surface area contributed by atoms with Crippen molar-refractivity contribution in [2.24, 2.45) is 0 Å². The van der Waals surface area contributed by atoms with E-state index in [1.54, 1.807) is 18.9 Å². The summed E-state index contributed by atoms with van der Waals surface area (Å²) in [6, 6.07) is 9.66. The van der Waals surface area contributed by atoms with Gasteiger partial charge in [-0.1, -0.05) is 30.3 Å². The van der Waals surface area contributed by atoms with Crippen LogP contribution in [-0.4, -0.2) is 43.6 Å². The van der Waals surface area contributed by atoms with Gasteiger partial charge in [0.1, 0.15) is 6.54 Å². The van der Waals surface area contributed by atoms with Gasteiger partial charge >= 0.3 is 12.0 Å². The Balaban J connectivity index is 2.27. The van der Waals surface area contributed by atoms with E-state index in [-0.39, 0.29) is 12.6 Å². The van der Waals surface area contributed by atoms with E-state index in [9.17, 15) is 9.59 Å². The zero-order valence-electron chi connectivity index (χ0n) is 11.4. The van der Waals surface area contributed by atoms with E-state index >= 15 is 0 Å². The van der Waals surface area contributed by atoms with Crippen molar-refractivity contribution in [3.8, 4) is 0 Å². The first-order chi connectivity index (χ1) is 9.13. The van der Waals surface area contributed by atoms with Crippen LogP contribution < -0.4 is 5.32 Å². The van der Waals surface area contributed by atoms with Crippen LogP contribution in [0.15, 0.2) is 30.3 Å². The highest BCUT2D eigenvalue weighted by Gasteiger charge is 2.10. The molecule has 0 aromatic heterocycles. The number of esters is 1. The van der Waals surface area contributed by atoms with Gasteiger partial charge in [-0.05, 0) is 18.9 Å². The fraction of sp³-hybridized carbons (Fsp3) is 0.429. The molecule has 0 atom stereocenters. The fourth-order valence-corrected chi connectivity index (χ4v) is 1.54. The first kappa shape index (κ1) is 15.0. The summed E-state index contributed by atoms with van der Waals surface area (Å²) in [7, 11) is 1.70. The second kappa shape index (κ2) is 8.13. The van der Waals surface area contributed by atoms with E-state index in [1.807, 2.05) is 30.3 Å². The van der Waals surface area contributed by atoms with E-state index in [1.165, 1.54) is 5.56 Å². The summed E-state index contributed by atoms with van der Waals surface area (Å²) in [6.07, 6.45) is 0.782. The number of rotatable bonds is 6. The van der Waals surface area contributed by atoms with E-state index < -0.39 is 5.97 Å². The molecule has 1 aromatic rings. The van der Waals surface area contributed by atoms with Gasteiger partial charge in [0.15, 0.2) is 0 Å². The van der Waals surface area contributed by atoms with Crippen molar-refractivity contribution >= 4 is 12.0 Å². The zero-order chi connectivity index (χ0) is 14.1.